The Hall–Kier alpha value is -2.21. The Balaban J connectivity index is 1.93. The molecule has 1 amide bonds. The molecule has 0 aliphatic heterocycles. The Labute approximate surface area is 142 Å². The van der Waals surface area contributed by atoms with Crippen molar-refractivity contribution in [2.45, 2.75) is 25.4 Å². The van der Waals surface area contributed by atoms with Gasteiger partial charge in [0.25, 0.3) is 0 Å². The number of aliphatic hydroxyl groups excluding tert-OH is 1. The van der Waals surface area contributed by atoms with Crippen LogP contribution in [-0.4, -0.2) is 45.0 Å². The van der Waals surface area contributed by atoms with E-state index in [2.05, 4.69) is 5.32 Å². The number of aliphatic hydroxyl groups is 1. The van der Waals surface area contributed by atoms with E-state index in [4.69, 9.17) is 14.2 Å². The molecule has 2 rings (SSSR count). The quantitative estimate of drug-likeness (QED) is 0.675. The number of hydrogen-bond acceptors (Lipinski definition) is 5. The molecule has 0 unspecified atom stereocenters. The van der Waals surface area contributed by atoms with E-state index in [0.29, 0.717) is 36.1 Å². The minimum Gasteiger partial charge on any atom is -0.493 e. The molecule has 0 bridgehead atoms. The Morgan fingerprint density at radius 3 is 2.38 bits per heavy atom. The summed E-state index contributed by atoms with van der Waals surface area (Å²) in [6.07, 6.45) is 5.60. The number of benzene rings is 1. The first-order valence-corrected chi connectivity index (χ1v) is 8.03. The van der Waals surface area contributed by atoms with E-state index < -0.39 is 0 Å². The van der Waals surface area contributed by atoms with E-state index in [-0.39, 0.29) is 12.0 Å². The minimum atomic E-state index is -0.301. The lowest BCUT2D eigenvalue weighted by Crippen LogP contribution is -2.26. The average Bonchev–Trinajstić information content (AvgIpc) is 3.43. The van der Waals surface area contributed by atoms with Crippen molar-refractivity contribution in [2.24, 2.45) is 5.92 Å². The number of ether oxygens (including phenoxy) is 3. The van der Waals surface area contributed by atoms with Crippen LogP contribution in [0.3, 0.4) is 0 Å². The molecule has 6 heteroatoms. The molecule has 132 valence electrons. The molecule has 1 fully saturated rings. The highest BCUT2D eigenvalue weighted by Crippen LogP contribution is 2.38. The van der Waals surface area contributed by atoms with Crippen LogP contribution in [0.15, 0.2) is 18.2 Å². The number of amides is 1. The molecule has 0 heterocycles. The maximum atomic E-state index is 11.8. The summed E-state index contributed by atoms with van der Waals surface area (Å²) < 4.78 is 15.8. The second kappa shape index (κ2) is 8.59. The van der Waals surface area contributed by atoms with Gasteiger partial charge in [-0.05, 0) is 49.0 Å². The molecule has 6 nitrogen and oxygen atoms in total. The van der Waals surface area contributed by atoms with Crippen molar-refractivity contribution < 1.29 is 24.1 Å². The van der Waals surface area contributed by atoms with Crippen LogP contribution in [0.1, 0.15) is 24.8 Å². The molecular weight excluding hydrogens is 310 g/mol. The Bertz CT molecular complexity index is 570. The molecule has 1 aliphatic rings. The predicted molar refractivity (Wildman–Crippen MR) is 91.5 cm³/mol. The smallest absolute Gasteiger partial charge is 0.244 e. The fourth-order valence-electron chi connectivity index (χ4n) is 2.49. The predicted octanol–water partition coefficient (Wildman–Crippen LogP) is 2.00. The minimum absolute atomic E-state index is 0.202. The SMILES string of the molecule is COc1cc(/C=C/C(=O)NCC[C@@H](O)C2CC2)cc(OC)c1OC. The summed E-state index contributed by atoms with van der Waals surface area (Å²) in [5.41, 5.74) is 0.762. The lowest BCUT2D eigenvalue weighted by atomic mass is 10.1. The average molecular weight is 335 g/mol. The first-order chi connectivity index (χ1) is 11.6. The molecule has 0 spiro atoms. The maximum Gasteiger partial charge on any atom is 0.244 e. The van der Waals surface area contributed by atoms with Crippen molar-refractivity contribution in [3.8, 4) is 17.2 Å². The van der Waals surface area contributed by atoms with Crippen LogP contribution in [0, 0.1) is 5.92 Å². The fourth-order valence-corrected chi connectivity index (χ4v) is 2.49. The number of carbonyl (C=O) groups excluding carboxylic acids is 1. The van der Waals surface area contributed by atoms with E-state index in [0.717, 1.165) is 18.4 Å². The highest BCUT2D eigenvalue weighted by molar-refractivity contribution is 5.91. The molecule has 24 heavy (non-hydrogen) atoms. The molecule has 2 N–H and O–H groups in total. The van der Waals surface area contributed by atoms with Crippen LogP contribution in [0.25, 0.3) is 6.08 Å². The van der Waals surface area contributed by atoms with E-state index in [9.17, 15) is 9.90 Å². The normalized spacial score (nSPS) is 15.2. The Morgan fingerprint density at radius 2 is 1.88 bits per heavy atom. The summed E-state index contributed by atoms with van der Waals surface area (Å²) in [4.78, 5) is 11.8. The van der Waals surface area contributed by atoms with Gasteiger partial charge in [0.1, 0.15) is 0 Å². The summed E-state index contributed by atoms with van der Waals surface area (Å²) in [7, 11) is 4.63. The van der Waals surface area contributed by atoms with Gasteiger partial charge in [0.05, 0.1) is 27.4 Å². The Kier molecular flexibility index (Phi) is 6.49. The van der Waals surface area contributed by atoms with Crippen molar-refractivity contribution in [3.05, 3.63) is 23.8 Å². The lowest BCUT2D eigenvalue weighted by molar-refractivity contribution is -0.116. The molecule has 0 aromatic heterocycles. The summed E-state index contributed by atoms with van der Waals surface area (Å²) in [6.45, 7) is 0.468. The summed E-state index contributed by atoms with van der Waals surface area (Å²) in [5.74, 6) is 1.80. The lowest BCUT2D eigenvalue weighted by Gasteiger charge is -2.12. The number of hydrogen-bond donors (Lipinski definition) is 2. The third-order valence-corrected chi connectivity index (χ3v) is 4.02. The van der Waals surface area contributed by atoms with Gasteiger partial charge in [-0.15, -0.1) is 0 Å². The monoisotopic (exact) mass is 335 g/mol. The van der Waals surface area contributed by atoms with Crippen LogP contribution < -0.4 is 19.5 Å². The zero-order valence-corrected chi connectivity index (χ0v) is 14.4. The third-order valence-electron chi connectivity index (χ3n) is 4.02. The summed E-state index contributed by atoms with van der Waals surface area (Å²) >= 11 is 0. The molecule has 0 saturated heterocycles. The van der Waals surface area contributed by atoms with Crippen LogP contribution in [-0.2, 0) is 4.79 Å². The van der Waals surface area contributed by atoms with Crippen molar-refractivity contribution in [3.63, 3.8) is 0 Å². The first kappa shape index (κ1) is 18.1. The molecule has 1 saturated carbocycles. The molecule has 1 aromatic carbocycles. The van der Waals surface area contributed by atoms with Crippen LogP contribution in [0.2, 0.25) is 0 Å². The van der Waals surface area contributed by atoms with Gasteiger partial charge < -0.3 is 24.6 Å². The largest absolute Gasteiger partial charge is 0.493 e. The second-order valence-corrected chi connectivity index (χ2v) is 5.78. The van der Waals surface area contributed by atoms with Gasteiger partial charge in [-0.25, -0.2) is 0 Å². The number of methoxy groups -OCH3 is 3. The van der Waals surface area contributed by atoms with E-state index in [1.807, 2.05) is 0 Å². The van der Waals surface area contributed by atoms with Crippen molar-refractivity contribution in [2.75, 3.05) is 27.9 Å². The van der Waals surface area contributed by atoms with Gasteiger partial charge in [-0.3, -0.25) is 4.79 Å². The fraction of sp³-hybridized carbons (Fsp3) is 0.500. The van der Waals surface area contributed by atoms with Crippen molar-refractivity contribution >= 4 is 12.0 Å². The van der Waals surface area contributed by atoms with E-state index in [1.54, 1.807) is 39.5 Å². The number of rotatable bonds is 9. The first-order valence-electron chi connectivity index (χ1n) is 8.03. The van der Waals surface area contributed by atoms with E-state index >= 15 is 0 Å². The zero-order chi connectivity index (χ0) is 17.5. The van der Waals surface area contributed by atoms with Crippen molar-refractivity contribution in [1.29, 1.82) is 0 Å². The number of carbonyl (C=O) groups is 1. The molecule has 1 aromatic rings. The Morgan fingerprint density at radius 1 is 1.25 bits per heavy atom. The zero-order valence-electron chi connectivity index (χ0n) is 14.4. The van der Waals surface area contributed by atoms with Crippen molar-refractivity contribution in [1.82, 2.24) is 5.32 Å². The van der Waals surface area contributed by atoms with Gasteiger partial charge >= 0.3 is 0 Å². The van der Waals surface area contributed by atoms with Gasteiger partial charge in [-0.1, -0.05) is 0 Å². The van der Waals surface area contributed by atoms with Gasteiger partial charge in [-0.2, -0.15) is 0 Å². The second-order valence-electron chi connectivity index (χ2n) is 5.78. The van der Waals surface area contributed by atoms with Gasteiger partial charge in [0, 0.05) is 12.6 Å². The maximum absolute atomic E-state index is 11.8. The standard InChI is InChI=1S/C18H25NO5/c1-22-15-10-12(11-16(23-2)18(15)24-3)4-7-17(21)19-9-8-14(20)13-5-6-13/h4,7,10-11,13-14,20H,5-6,8-9H2,1-3H3,(H,19,21)/b7-4+/t14-/m1/s1. The summed E-state index contributed by atoms with van der Waals surface area (Å²) in [6, 6.07) is 3.53. The molecule has 0 radical (unpaired) electrons. The summed E-state index contributed by atoms with van der Waals surface area (Å²) in [5, 5.41) is 12.5. The molecular formula is C18H25NO5. The molecule has 1 aliphatic carbocycles. The highest BCUT2D eigenvalue weighted by atomic mass is 16.5. The third kappa shape index (κ3) is 4.89. The molecule has 1 atom stereocenters. The van der Waals surface area contributed by atoms with Gasteiger partial charge in [0.15, 0.2) is 11.5 Å². The van der Waals surface area contributed by atoms with Crippen LogP contribution in [0.4, 0.5) is 0 Å². The van der Waals surface area contributed by atoms with Crippen LogP contribution in [0.5, 0.6) is 17.2 Å². The number of nitrogens with one attached hydrogen (secondary N) is 1. The van der Waals surface area contributed by atoms with Gasteiger partial charge in [0.2, 0.25) is 11.7 Å². The van der Waals surface area contributed by atoms with E-state index in [1.165, 1.54) is 6.08 Å². The topological polar surface area (TPSA) is 77.0 Å². The van der Waals surface area contributed by atoms with Crippen LogP contribution >= 0.6 is 0 Å². The highest BCUT2D eigenvalue weighted by Gasteiger charge is 2.29.